The zero-order valence-electron chi connectivity index (χ0n) is 10.4. The van der Waals surface area contributed by atoms with Crippen molar-refractivity contribution in [2.75, 3.05) is 0 Å². The van der Waals surface area contributed by atoms with Crippen molar-refractivity contribution in [1.29, 1.82) is 0 Å². The fourth-order valence-electron chi connectivity index (χ4n) is 0.979. The van der Waals surface area contributed by atoms with Crippen LogP contribution in [0.3, 0.4) is 0 Å². The van der Waals surface area contributed by atoms with E-state index in [1.165, 1.54) is 0 Å². The van der Waals surface area contributed by atoms with E-state index in [4.69, 9.17) is 0 Å². The smallest absolute Gasteiger partial charge is 0.219 e. The van der Waals surface area contributed by atoms with Crippen LogP contribution in [0, 0.1) is 13.8 Å². The first kappa shape index (κ1) is 13.5. The van der Waals surface area contributed by atoms with Gasteiger partial charge >= 0.3 is 0 Å². The summed E-state index contributed by atoms with van der Waals surface area (Å²) in [4.78, 5) is 8.19. The molecule has 0 radical (unpaired) electrons. The summed E-state index contributed by atoms with van der Waals surface area (Å²) in [6.07, 6.45) is 3.69. The minimum atomic E-state index is 0.660. The van der Waals surface area contributed by atoms with Gasteiger partial charge in [0.15, 0.2) is 0 Å². The first-order valence-electron chi connectivity index (χ1n) is 5.41. The van der Waals surface area contributed by atoms with Gasteiger partial charge in [-0.25, -0.2) is 9.50 Å². The number of hydrogen-bond acceptors (Lipinski definition) is 3. The highest BCUT2D eigenvalue weighted by atomic mass is 15.3. The summed E-state index contributed by atoms with van der Waals surface area (Å²) >= 11 is 0. The molecule has 0 amide bonds. The molecule has 0 saturated carbocycles. The van der Waals surface area contributed by atoms with Crippen LogP contribution in [0.4, 0.5) is 0 Å². The Kier molecular flexibility index (Phi) is 6.25. The third kappa shape index (κ3) is 3.65. The van der Waals surface area contributed by atoms with Gasteiger partial charge in [-0.05, 0) is 19.4 Å². The molecule has 0 aliphatic carbocycles. The summed E-state index contributed by atoms with van der Waals surface area (Å²) in [6, 6.07) is 0. The topological polar surface area (TPSA) is 43.1 Å². The Morgan fingerprint density at radius 3 is 2.27 bits per heavy atom. The van der Waals surface area contributed by atoms with Crippen LogP contribution in [0.2, 0.25) is 0 Å². The second-order valence-electron chi connectivity index (χ2n) is 2.53. The van der Waals surface area contributed by atoms with Crippen LogP contribution in [0.5, 0.6) is 0 Å². The average molecular weight is 208 g/mol. The van der Waals surface area contributed by atoms with Gasteiger partial charge in [0.1, 0.15) is 5.82 Å². The van der Waals surface area contributed by atoms with Gasteiger partial charge in [0.05, 0.1) is 0 Å². The van der Waals surface area contributed by atoms with Crippen LogP contribution < -0.4 is 0 Å². The monoisotopic (exact) mass is 208 g/mol. The lowest BCUT2D eigenvalue weighted by atomic mass is 10.4. The number of nitrogens with zero attached hydrogens (tertiary/aromatic N) is 4. The third-order valence-electron chi connectivity index (χ3n) is 1.43. The maximum atomic E-state index is 4.12. The molecule has 0 aromatic carbocycles. The molecule has 0 aliphatic rings. The van der Waals surface area contributed by atoms with Crippen LogP contribution in [0.15, 0.2) is 12.4 Å². The van der Waals surface area contributed by atoms with Crippen molar-refractivity contribution in [1.82, 2.24) is 19.6 Å². The van der Waals surface area contributed by atoms with Crippen LogP contribution in [0.25, 0.3) is 5.78 Å². The van der Waals surface area contributed by atoms with Gasteiger partial charge in [-0.3, -0.25) is 0 Å². The molecule has 0 unspecified atom stereocenters. The Morgan fingerprint density at radius 2 is 1.67 bits per heavy atom. The van der Waals surface area contributed by atoms with E-state index in [0.29, 0.717) is 5.78 Å². The van der Waals surface area contributed by atoms with Crippen molar-refractivity contribution in [3.8, 4) is 0 Å². The second kappa shape index (κ2) is 6.92. The highest BCUT2D eigenvalue weighted by molar-refractivity contribution is 5.26. The van der Waals surface area contributed by atoms with E-state index >= 15 is 0 Å². The molecule has 0 saturated heterocycles. The van der Waals surface area contributed by atoms with Crippen molar-refractivity contribution < 1.29 is 0 Å². The second-order valence-corrected chi connectivity index (χ2v) is 2.53. The van der Waals surface area contributed by atoms with E-state index in [1.54, 1.807) is 10.7 Å². The van der Waals surface area contributed by atoms with Crippen molar-refractivity contribution in [3.05, 3.63) is 23.8 Å². The summed E-state index contributed by atoms with van der Waals surface area (Å²) in [5, 5.41) is 4.12. The highest BCUT2D eigenvalue weighted by Crippen LogP contribution is 1.98. The molecule has 4 heteroatoms. The standard InChI is InChI=1S/C7H8N4.2C2H6/c1-5-3-8-7-9-6(2)10-11(7)4-5;2*1-2/h3-4H,1-2H3;2*1-2H3. The van der Waals surface area contributed by atoms with E-state index in [1.807, 2.05) is 47.7 Å². The van der Waals surface area contributed by atoms with Crippen molar-refractivity contribution in [2.45, 2.75) is 41.5 Å². The van der Waals surface area contributed by atoms with Crippen LogP contribution in [-0.2, 0) is 0 Å². The van der Waals surface area contributed by atoms with E-state index < -0.39 is 0 Å². The van der Waals surface area contributed by atoms with Gasteiger partial charge in [0.25, 0.3) is 5.78 Å². The van der Waals surface area contributed by atoms with Crippen LogP contribution >= 0.6 is 0 Å². The Balaban J connectivity index is 0.000000442. The summed E-state index contributed by atoms with van der Waals surface area (Å²) in [5.74, 6) is 1.41. The summed E-state index contributed by atoms with van der Waals surface area (Å²) in [7, 11) is 0. The van der Waals surface area contributed by atoms with Gasteiger partial charge in [-0.2, -0.15) is 10.1 Å². The molecule has 0 bridgehead atoms. The number of fused-ring (bicyclic) bond motifs is 1. The SMILES string of the molecule is CC.CC.Cc1cnc2nc(C)nn2c1. The first-order valence-corrected chi connectivity index (χ1v) is 5.41. The zero-order chi connectivity index (χ0) is 11.8. The van der Waals surface area contributed by atoms with Crippen molar-refractivity contribution in [2.24, 2.45) is 0 Å². The lowest BCUT2D eigenvalue weighted by Crippen LogP contribution is -1.90. The van der Waals surface area contributed by atoms with Gasteiger partial charge < -0.3 is 0 Å². The molecule has 84 valence electrons. The number of aromatic nitrogens is 4. The Hall–Kier alpha value is -1.45. The minimum Gasteiger partial charge on any atom is -0.219 e. The lowest BCUT2D eigenvalue weighted by Gasteiger charge is -1.90. The highest BCUT2D eigenvalue weighted by Gasteiger charge is 1.98. The molecule has 0 atom stereocenters. The number of rotatable bonds is 0. The summed E-state index contributed by atoms with van der Waals surface area (Å²) in [6.45, 7) is 11.8. The summed E-state index contributed by atoms with van der Waals surface area (Å²) < 4.78 is 1.69. The molecule has 2 rings (SSSR count). The van der Waals surface area contributed by atoms with Crippen LogP contribution in [0.1, 0.15) is 39.1 Å². The molecule has 4 nitrogen and oxygen atoms in total. The predicted octanol–water partition coefficient (Wildman–Crippen LogP) is 2.79. The van der Waals surface area contributed by atoms with E-state index in [-0.39, 0.29) is 0 Å². The average Bonchev–Trinajstić information content (AvgIpc) is 2.63. The van der Waals surface area contributed by atoms with Crippen LogP contribution in [-0.4, -0.2) is 19.6 Å². The Morgan fingerprint density at radius 1 is 1.07 bits per heavy atom. The predicted molar refractivity (Wildman–Crippen MR) is 63.0 cm³/mol. The van der Waals surface area contributed by atoms with Gasteiger partial charge in [-0.1, -0.05) is 27.7 Å². The van der Waals surface area contributed by atoms with Gasteiger partial charge in [0.2, 0.25) is 0 Å². The maximum Gasteiger partial charge on any atom is 0.252 e. The molecule has 2 heterocycles. The molecule has 2 aromatic heterocycles. The third-order valence-corrected chi connectivity index (χ3v) is 1.43. The van der Waals surface area contributed by atoms with Crippen molar-refractivity contribution >= 4 is 5.78 Å². The molecule has 2 aromatic rings. The minimum absolute atomic E-state index is 0.660. The van der Waals surface area contributed by atoms with E-state index in [2.05, 4.69) is 15.1 Å². The molecule has 0 fully saturated rings. The molecule has 0 aliphatic heterocycles. The molecular formula is C11H20N4. The molecule has 15 heavy (non-hydrogen) atoms. The van der Waals surface area contributed by atoms with E-state index in [9.17, 15) is 0 Å². The first-order chi connectivity index (χ1) is 7.25. The van der Waals surface area contributed by atoms with Gasteiger partial charge in [0, 0.05) is 12.4 Å². The molecular weight excluding hydrogens is 188 g/mol. The molecule has 0 N–H and O–H groups in total. The quantitative estimate of drug-likeness (QED) is 0.668. The largest absolute Gasteiger partial charge is 0.252 e. The number of aryl methyl sites for hydroxylation is 2. The van der Waals surface area contributed by atoms with E-state index in [0.717, 1.165) is 11.4 Å². The summed E-state index contributed by atoms with van der Waals surface area (Å²) in [5.41, 5.74) is 1.09. The number of hydrogen-bond donors (Lipinski definition) is 0. The fraction of sp³-hybridized carbons (Fsp3) is 0.545. The zero-order valence-corrected chi connectivity index (χ0v) is 10.4. The fourth-order valence-corrected chi connectivity index (χ4v) is 0.979. The molecule has 0 spiro atoms. The lowest BCUT2D eigenvalue weighted by molar-refractivity contribution is 0.907. The maximum absolute atomic E-state index is 4.12. The normalized spacial score (nSPS) is 8.67. The Bertz CT molecular complexity index is 392. The van der Waals surface area contributed by atoms with Crippen molar-refractivity contribution in [3.63, 3.8) is 0 Å². The van der Waals surface area contributed by atoms with Gasteiger partial charge in [-0.15, -0.1) is 0 Å². The Labute approximate surface area is 91.4 Å².